The van der Waals surface area contributed by atoms with Crippen molar-refractivity contribution in [3.05, 3.63) is 36.3 Å². The molecule has 0 aliphatic carbocycles. The van der Waals surface area contributed by atoms with E-state index in [2.05, 4.69) is 15.0 Å². The summed E-state index contributed by atoms with van der Waals surface area (Å²) in [6, 6.07) is 4.03. The van der Waals surface area contributed by atoms with Crippen LogP contribution in [0.1, 0.15) is 26.5 Å². The average Bonchev–Trinajstić information content (AvgIpc) is 2.53. The molecule has 0 spiro atoms. The first kappa shape index (κ1) is 19.1. The molecule has 0 aliphatic rings. The number of rotatable bonds is 5. The molecule has 0 saturated carbocycles. The van der Waals surface area contributed by atoms with Crippen molar-refractivity contribution in [2.24, 2.45) is 5.41 Å². The van der Waals surface area contributed by atoms with Crippen molar-refractivity contribution in [3.63, 3.8) is 0 Å². The molecule has 0 radical (unpaired) electrons. The number of anilines is 1. The Morgan fingerprint density at radius 3 is 2.24 bits per heavy atom. The third-order valence-corrected chi connectivity index (χ3v) is 3.30. The van der Waals surface area contributed by atoms with E-state index in [1.807, 2.05) is 20.8 Å². The van der Waals surface area contributed by atoms with Crippen LogP contribution in [0.2, 0.25) is 0 Å². The van der Waals surface area contributed by atoms with E-state index in [9.17, 15) is 18.3 Å². The number of halogens is 3. The lowest BCUT2D eigenvalue weighted by Gasteiger charge is -2.31. The van der Waals surface area contributed by atoms with Crippen LogP contribution in [0.4, 0.5) is 19.0 Å². The first-order valence-corrected chi connectivity index (χ1v) is 7.82. The molecule has 2 aromatic rings. The van der Waals surface area contributed by atoms with Gasteiger partial charge in [0.15, 0.2) is 11.5 Å². The Labute approximate surface area is 144 Å². The summed E-state index contributed by atoms with van der Waals surface area (Å²) in [5, 5.41) is 9.29. The standard InChI is InChI=1S/C17H21F3N4O/c1-16(2,3)11-24(8-9-25)14-10-13(17(18,19)20)22-15(23-14)12-4-6-21-7-5-12/h4-7,10,25H,8-9,11H2,1-3H3. The first-order valence-electron chi connectivity index (χ1n) is 7.82. The van der Waals surface area contributed by atoms with E-state index >= 15 is 0 Å². The predicted molar refractivity (Wildman–Crippen MR) is 89.0 cm³/mol. The van der Waals surface area contributed by atoms with Crippen molar-refractivity contribution >= 4 is 5.82 Å². The molecule has 2 aromatic heterocycles. The highest BCUT2D eigenvalue weighted by atomic mass is 19.4. The summed E-state index contributed by atoms with van der Waals surface area (Å²) in [6.45, 7) is 6.33. The summed E-state index contributed by atoms with van der Waals surface area (Å²) in [4.78, 5) is 13.5. The Kier molecular flexibility index (Phi) is 5.62. The van der Waals surface area contributed by atoms with Gasteiger partial charge in [0.25, 0.3) is 0 Å². The fraction of sp³-hybridized carbons (Fsp3) is 0.471. The number of alkyl halides is 3. The molecule has 0 atom stereocenters. The normalized spacial score (nSPS) is 12.3. The summed E-state index contributed by atoms with van der Waals surface area (Å²) in [7, 11) is 0. The Morgan fingerprint density at radius 1 is 1.08 bits per heavy atom. The van der Waals surface area contributed by atoms with Crippen molar-refractivity contribution in [1.82, 2.24) is 15.0 Å². The zero-order valence-corrected chi connectivity index (χ0v) is 14.4. The number of hydrogen-bond donors (Lipinski definition) is 1. The van der Waals surface area contributed by atoms with Crippen molar-refractivity contribution in [3.8, 4) is 11.4 Å². The molecule has 0 amide bonds. The smallest absolute Gasteiger partial charge is 0.395 e. The number of hydrogen-bond acceptors (Lipinski definition) is 5. The maximum atomic E-state index is 13.3. The largest absolute Gasteiger partial charge is 0.433 e. The van der Waals surface area contributed by atoms with E-state index in [1.54, 1.807) is 17.0 Å². The molecule has 0 aliphatic heterocycles. The van der Waals surface area contributed by atoms with Crippen LogP contribution in [-0.4, -0.2) is 39.8 Å². The molecule has 0 bridgehead atoms. The molecule has 136 valence electrons. The van der Waals surface area contributed by atoms with Crippen molar-refractivity contribution in [2.45, 2.75) is 26.9 Å². The highest BCUT2D eigenvalue weighted by Gasteiger charge is 2.34. The fourth-order valence-electron chi connectivity index (χ4n) is 2.34. The van der Waals surface area contributed by atoms with Crippen LogP contribution in [0.3, 0.4) is 0 Å². The molecule has 25 heavy (non-hydrogen) atoms. The van der Waals surface area contributed by atoms with E-state index in [0.717, 1.165) is 6.07 Å². The van der Waals surface area contributed by atoms with Crippen LogP contribution >= 0.6 is 0 Å². The summed E-state index contributed by atoms with van der Waals surface area (Å²) in [6.07, 6.45) is -1.65. The molecule has 0 unspecified atom stereocenters. The van der Waals surface area contributed by atoms with Gasteiger partial charge in [-0.2, -0.15) is 13.2 Å². The second-order valence-corrected chi connectivity index (χ2v) is 6.87. The topological polar surface area (TPSA) is 62.1 Å². The Bertz CT molecular complexity index is 699. The molecule has 1 N–H and O–H groups in total. The lowest BCUT2D eigenvalue weighted by molar-refractivity contribution is -0.141. The minimum absolute atomic E-state index is 0.0240. The van der Waals surface area contributed by atoms with E-state index in [-0.39, 0.29) is 30.2 Å². The summed E-state index contributed by atoms with van der Waals surface area (Å²) >= 11 is 0. The molecule has 0 saturated heterocycles. The van der Waals surface area contributed by atoms with Gasteiger partial charge in [-0.15, -0.1) is 0 Å². The van der Waals surface area contributed by atoms with Gasteiger partial charge in [-0.3, -0.25) is 4.98 Å². The van der Waals surface area contributed by atoms with Gasteiger partial charge in [0.2, 0.25) is 0 Å². The van der Waals surface area contributed by atoms with E-state index in [4.69, 9.17) is 0 Å². The molecule has 0 fully saturated rings. The van der Waals surface area contributed by atoms with Gasteiger partial charge in [-0.1, -0.05) is 20.8 Å². The summed E-state index contributed by atoms with van der Waals surface area (Å²) in [5.74, 6) is 0.113. The third-order valence-electron chi connectivity index (χ3n) is 3.30. The van der Waals surface area contributed by atoms with Gasteiger partial charge >= 0.3 is 6.18 Å². The third kappa shape index (κ3) is 5.38. The Balaban J connectivity index is 2.55. The maximum Gasteiger partial charge on any atom is 0.433 e. The van der Waals surface area contributed by atoms with Crippen LogP contribution in [0.15, 0.2) is 30.6 Å². The van der Waals surface area contributed by atoms with Crippen molar-refractivity contribution in [1.29, 1.82) is 0 Å². The molecule has 8 heteroatoms. The molecule has 2 rings (SSSR count). The monoisotopic (exact) mass is 354 g/mol. The number of aliphatic hydroxyl groups is 1. The van der Waals surface area contributed by atoms with Gasteiger partial charge in [0.05, 0.1) is 6.61 Å². The first-order chi connectivity index (χ1) is 11.6. The van der Waals surface area contributed by atoms with Crippen LogP contribution in [-0.2, 0) is 6.18 Å². The van der Waals surface area contributed by atoms with Crippen molar-refractivity contribution < 1.29 is 18.3 Å². The van der Waals surface area contributed by atoms with Gasteiger partial charge in [0.1, 0.15) is 5.82 Å². The van der Waals surface area contributed by atoms with Gasteiger partial charge in [-0.05, 0) is 17.5 Å². The van der Waals surface area contributed by atoms with Gasteiger partial charge < -0.3 is 10.0 Å². The van der Waals surface area contributed by atoms with Crippen LogP contribution in [0.25, 0.3) is 11.4 Å². The molecule has 0 aromatic carbocycles. The molecular weight excluding hydrogens is 333 g/mol. The minimum atomic E-state index is -4.59. The second kappa shape index (κ2) is 7.35. The van der Waals surface area contributed by atoms with Crippen LogP contribution in [0, 0.1) is 5.41 Å². The average molecular weight is 354 g/mol. The van der Waals surface area contributed by atoms with Crippen LogP contribution in [0.5, 0.6) is 0 Å². The van der Waals surface area contributed by atoms with E-state index in [0.29, 0.717) is 12.1 Å². The van der Waals surface area contributed by atoms with Crippen LogP contribution < -0.4 is 4.90 Å². The van der Waals surface area contributed by atoms with Crippen molar-refractivity contribution in [2.75, 3.05) is 24.6 Å². The van der Waals surface area contributed by atoms with Gasteiger partial charge in [0, 0.05) is 37.1 Å². The minimum Gasteiger partial charge on any atom is -0.395 e. The van der Waals surface area contributed by atoms with Gasteiger partial charge in [-0.25, -0.2) is 9.97 Å². The zero-order valence-electron chi connectivity index (χ0n) is 14.4. The lowest BCUT2D eigenvalue weighted by Crippen LogP contribution is -2.36. The molecular formula is C17H21F3N4O. The quantitative estimate of drug-likeness (QED) is 0.892. The lowest BCUT2D eigenvalue weighted by atomic mass is 9.96. The second-order valence-electron chi connectivity index (χ2n) is 6.87. The molecule has 5 nitrogen and oxygen atoms in total. The SMILES string of the molecule is CC(C)(C)CN(CCO)c1cc(C(F)(F)F)nc(-c2ccncc2)n1. The number of nitrogens with zero attached hydrogens (tertiary/aromatic N) is 4. The Morgan fingerprint density at radius 2 is 1.72 bits per heavy atom. The van der Waals surface area contributed by atoms with E-state index in [1.165, 1.54) is 12.4 Å². The summed E-state index contributed by atoms with van der Waals surface area (Å²) in [5.41, 5.74) is -0.752. The molecule has 2 heterocycles. The predicted octanol–water partition coefficient (Wildman–Crippen LogP) is 3.40. The number of aliphatic hydroxyl groups excluding tert-OH is 1. The summed E-state index contributed by atoms with van der Waals surface area (Å²) < 4.78 is 39.8. The van der Waals surface area contributed by atoms with E-state index < -0.39 is 11.9 Å². The zero-order chi connectivity index (χ0) is 18.7. The maximum absolute atomic E-state index is 13.3. The number of aromatic nitrogens is 3. The number of pyridine rings is 1. The highest BCUT2D eigenvalue weighted by molar-refractivity contribution is 5.57. The highest BCUT2D eigenvalue weighted by Crippen LogP contribution is 2.32. The Hall–Kier alpha value is -2.22. The fourth-order valence-corrected chi connectivity index (χ4v) is 2.34.